The Kier molecular flexibility index (Phi) is 3.71. The van der Waals surface area contributed by atoms with Crippen molar-refractivity contribution in [2.45, 2.75) is 27.7 Å². The molecule has 0 bridgehead atoms. The van der Waals surface area contributed by atoms with E-state index >= 15 is 0 Å². The smallest absolute Gasteiger partial charge is 0.130 e. The molecule has 1 heterocycles. The number of aryl methyl sites for hydroxylation is 4. The molecule has 3 heteroatoms. The van der Waals surface area contributed by atoms with Crippen LogP contribution in [-0.2, 0) is 0 Å². The molecule has 0 aliphatic rings. The summed E-state index contributed by atoms with van der Waals surface area (Å²) < 4.78 is 1.03. The van der Waals surface area contributed by atoms with E-state index in [1.807, 2.05) is 12.3 Å². The van der Waals surface area contributed by atoms with Crippen LogP contribution in [0.5, 0.6) is 0 Å². The third-order valence-electron chi connectivity index (χ3n) is 2.98. The summed E-state index contributed by atoms with van der Waals surface area (Å²) in [5.41, 5.74) is 6.10. The van der Waals surface area contributed by atoms with Crippen molar-refractivity contribution in [1.29, 1.82) is 0 Å². The summed E-state index contributed by atoms with van der Waals surface area (Å²) in [7, 11) is 0. The van der Waals surface area contributed by atoms with Gasteiger partial charge < -0.3 is 5.32 Å². The van der Waals surface area contributed by atoms with Crippen LogP contribution in [0, 0.1) is 27.7 Å². The van der Waals surface area contributed by atoms with Gasteiger partial charge >= 0.3 is 0 Å². The molecule has 0 saturated carbocycles. The van der Waals surface area contributed by atoms with Gasteiger partial charge in [-0.1, -0.05) is 17.7 Å². The average Bonchev–Trinajstić information content (AvgIpc) is 2.28. The zero-order chi connectivity index (χ0) is 13.3. The fraction of sp³-hybridized carbons (Fsp3) is 0.267. The summed E-state index contributed by atoms with van der Waals surface area (Å²) in [6.45, 7) is 8.42. The molecular weight excluding hydrogens is 288 g/mol. The first-order chi connectivity index (χ1) is 8.47. The second kappa shape index (κ2) is 5.11. The van der Waals surface area contributed by atoms with Crippen LogP contribution in [-0.4, -0.2) is 4.98 Å². The zero-order valence-electron chi connectivity index (χ0n) is 11.1. The Bertz CT molecular complexity index is 568. The van der Waals surface area contributed by atoms with Crippen molar-refractivity contribution in [1.82, 2.24) is 4.98 Å². The number of anilines is 2. The fourth-order valence-corrected chi connectivity index (χ4v) is 2.33. The van der Waals surface area contributed by atoms with E-state index < -0.39 is 0 Å². The van der Waals surface area contributed by atoms with Crippen LogP contribution >= 0.6 is 15.9 Å². The van der Waals surface area contributed by atoms with Crippen LogP contribution in [0.1, 0.15) is 22.3 Å². The van der Waals surface area contributed by atoms with Crippen molar-refractivity contribution in [2.24, 2.45) is 0 Å². The maximum atomic E-state index is 4.38. The van der Waals surface area contributed by atoms with Crippen LogP contribution in [0.2, 0.25) is 0 Å². The summed E-state index contributed by atoms with van der Waals surface area (Å²) in [6, 6.07) is 6.41. The van der Waals surface area contributed by atoms with E-state index in [-0.39, 0.29) is 0 Å². The Morgan fingerprint density at radius 3 is 2.11 bits per heavy atom. The standard InChI is InChI=1S/C15H17BrN2/c1-9-5-11(3)15(12(4)6-9)18-14-7-10(2)13(16)8-17-14/h5-8H,1-4H3,(H,17,18). The molecule has 0 aliphatic heterocycles. The van der Waals surface area contributed by atoms with E-state index in [0.29, 0.717) is 0 Å². The lowest BCUT2D eigenvalue weighted by atomic mass is 10.1. The van der Waals surface area contributed by atoms with E-state index in [2.05, 4.69) is 66.1 Å². The minimum atomic E-state index is 0.880. The third-order valence-corrected chi connectivity index (χ3v) is 3.81. The predicted octanol–water partition coefficient (Wildman–Crippen LogP) is 4.82. The van der Waals surface area contributed by atoms with Crippen molar-refractivity contribution in [3.05, 3.63) is 51.1 Å². The van der Waals surface area contributed by atoms with Gasteiger partial charge in [0.15, 0.2) is 0 Å². The molecule has 0 saturated heterocycles. The Morgan fingerprint density at radius 1 is 0.944 bits per heavy atom. The van der Waals surface area contributed by atoms with Gasteiger partial charge in [0.1, 0.15) is 5.82 Å². The number of hydrogen-bond acceptors (Lipinski definition) is 2. The normalized spacial score (nSPS) is 10.5. The molecule has 2 rings (SSSR count). The summed E-state index contributed by atoms with van der Waals surface area (Å²) in [5, 5.41) is 3.40. The first kappa shape index (κ1) is 13.1. The van der Waals surface area contributed by atoms with Crippen molar-refractivity contribution in [2.75, 3.05) is 5.32 Å². The first-order valence-electron chi connectivity index (χ1n) is 5.94. The largest absolute Gasteiger partial charge is 0.340 e. The quantitative estimate of drug-likeness (QED) is 0.860. The Labute approximate surface area is 117 Å². The van der Waals surface area contributed by atoms with Gasteiger partial charge in [0.05, 0.1) is 0 Å². The van der Waals surface area contributed by atoms with Crippen molar-refractivity contribution < 1.29 is 0 Å². The van der Waals surface area contributed by atoms with Gasteiger partial charge in [0.25, 0.3) is 0 Å². The fourth-order valence-electron chi connectivity index (χ4n) is 2.11. The number of rotatable bonds is 2. The summed E-state index contributed by atoms with van der Waals surface area (Å²) in [5.74, 6) is 0.880. The van der Waals surface area contributed by atoms with E-state index in [0.717, 1.165) is 16.0 Å². The molecule has 0 radical (unpaired) electrons. The number of nitrogens with zero attached hydrogens (tertiary/aromatic N) is 1. The van der Waals surface area contributed by atoms with E-state index in [4.69, 9.17) is 0 Å². The van der Waals surface area contributed by atoms with Gasteiger partial charge in [-0.05, 0) is 66.4 Å². The molecule has 1 N–H and O–H groups in total. The van der Waals surface area contributed by atoms with Crippen LogP contribution < -0.4 is 5.32 Å². The molecule has 2 nitrogen and oxygen atoms in total. The molecule has 0 aliphatic carbocycles. The van der Waals surface area contributed by atoms with Gasteiger partial charge in [0.2, 0.25) is 0 Å². The topological polar surface area (TPSA) is 24.9 Å². The van der Waals surface area contributed by atoms with Gasteiger partial charge in [-0.25, -0.2) is 4.98 Å². The molecule has 1 aromatic heterocycles. The van der Waals surface area contributed by atoms with Gasteiger partial charge in [-0.15, -0.1) is 0 Å². The first-order valence-corrected chi connectivity index (χ1v) is 6.73. The molecule has 2 aromatic rings. The number of benzene rings is 1. The van der Waals surface area contributed by atoms with Crippen molar-refractivity contribution in [3.8, 4) is 0 Å². The summed E-state index contributed by atoms with van der Waals surface area (Å²) in [4.78, 5) is 4.38. The van der Waals surface area contributed by atoms with Gasteiger partial charge in [-0.3, -0.25) is 0 Å². The Morgan fingerprint density at radius 2 is 1.56 bits per heavy atom. The molecular formula is C15H17BrN2. The summed E-state index contributed by atoms with van der Waals surface area (Å²) in [6.07, 6.45) is 1.83. The second-order valence-corrected chi connectivity index (χ2v) is 5.57. The van der Waals surface area contributed by atoms with Gasteiger partial charge in [-0.2, -0.15) is 0 Å². The Hall–Kier alpha value is -1.35. The molecule has 0 fully saturated rings. The SMILES string of the molecule is Cc1cc(C)c(Nc2cc(C)c(Br)cn2)c(C)c1. The number of nitrogens with one attached hydrogen (secondary N) is 1. The number of hydrogen-bond donors (Lipinski definition) is 1. The van der Waals surface area contributed by atoms with Crippen LogP contribution in [0.4, 0.5) is 11.5 Å². The summed E-state index contributed by atoms with van der Waals surface area (Å²) >= 11 is 3.46. The molecule has 0 amide bonds. The Balaban J connectivity index is 2.37. The molecule has 0 unspecified atom stereocenters. The van der Waals surface area contributed by atoms with Crippen molar-refractivity contribution >= 4 is 27.4 Å². The lowest BCUT2D eigenvalue weighted by Gasteiger charge is -2.13. The minimum absolute atomic E-state index is 0.880. The maximum Gasteiger partial charge on any atom is 0.130 e. The number of pyridine rings is 1. The molecule has 18 heavy (non-hydrogen) atoms. The number of halogens is 1. The average molecular weight is 305 g/mol. The highest BCUT2D eigenvalue weighted by Crippen LogP contribution is 2.26. The third kappa shape index (κ3) is 2.72. The predicted molar refractivity (Wildman–Crippen MR) is 80.6 cm³/mol. The van der Waals surface area contributed by atoms with E-state index in [9.17, 15) is 0 Å². The monoisotopic (exact) mass is 304 g/mol. The minimum Gasteiger partial charge on any atom is -0.340 e. The maximum absolute atomic E-state index is 4.38. The van der Waals surface area contributed by atoms with E-state index in [1.165, 1.54) is 22.3 Å². The molecule has 1 aromatic carbocycles. The highest BCUT2D eigenvalue weighted by molar-refractivity contribution is 9.10. The van der Waals surface area contributed by atoms with Crippen LogP contribution in [0.15, 0.2) is 28.9 Å². The lowest BCUT2D eigenvalue weighted by Crippen LogP contribution is -1.99. The lowest BCUT2D eigenvalue weighted by molar-refractivity contribution is 1.23. The zero-order valence-corrected chi connectivity index (χ0v) is 12.7. The van der Waals surface area contributed by atoms with Gasteiger partial charge in [0, 0.05) is 16.4 Å². The number of aromatic nitrogens is 1. The second-order valence-electron chi connectivity index (χ2n) is 4.72. The van der Waals surface area contributed by atoms with E-state index in [1.54, 1.807) is 0 Å². The highest BCUT2D eigenvalue weighted by Gasteiger charge is 2.05. The molecule has 94 valence electrons. The van der Waals surface area contributed by atoms with Crippen LogP contribution in [0.25, 0.3) is 0 Å². The molecule has 0 spiro atoms. The van der Waals surface area contributed by atoms with Crippen LogP contribution in [0.3, 0.4) is 0 Å². The van der Waals surface area contributed by atoms with Crippen molar-refractivity contribution in [3.63, 3.8) is 0 Å². The molecule has 0 atom stereocenters. The highest BCUT2D eigenvalue weighted by atomic mass is 79.9.